The summed E-state index contributed by atoms with van der Waals surface area (Å²) in [5.41, 5.74) is 0.748. The topological polar surface area (TPSA) is 83.9 Å². The van der Waals surface area contributed by atoms with Crippen LogP contribution in [0.2, 0.25) is 0 Å². The summed E-state index contributed by atoms with van der Waals surface area (Å²) in [7, 11) is 1.66. The van der Waals surface area contributed by atoms with Crippen LogP contribution in [0.5, 0.6) is 5.75 Å². The Hall–Kier alpha value is -3.13. The number of nitrogens with zero attached hydrogens (tertiary/aromatic N) is 3. The zero-order valence-corrected chi connectivity index (χ0v) is 22.3. The average Bonchev–Trinajstić information content (AvgIpc) is 2.84. The first-order valence-corrected chi connectivity index (χ1v) is 12.8. The van der Waals surface area contributed by atoms with Crippen molar-refractivity contribution in [1.82, 2.24) is 19.7 Å². The van der Waals surface area contributed by atoms with Crippen molar-refractivity contribution in [2.45, 2.75) is 47.2 Å². The van der Waals surface area contributed by atoms with Gasteiger partial charge in [0, 0.05) is 58.2 Å². The molecule has 0 atom stereocenters. The maximum Gasteiger partial charge on any atom is 0.259 e. The molecule has 1 aliphatic heterocycles. The van der Waals surface area contributed by atoms with Crippen molar-refractivity contribution < 1.29 is 14.3 Å². The number of amides is 2. The van der Waals surface area contributed by atoms with Gasteiger partial charge in [0.15, 0.2) is 0 Å². The molecule has 0 aliphatic carbocycles. The maximum atomic E-state index is 13.4. The van der Waals surface area contributed by atoms with Gasteiger partial charge >= 0.3 is 0 Å². The third kappa shape index (κ3) is 7.43. The van der Waals surface area contributed by atoms with Gasteiger partial charge in [-0.15, -0.1) is 0 Å². The van der Waals surface area contributed by atoms with Crippen LogP contribution >= 0.6 is 0 Å². The Morgan fingerprint density at radius 1 is 1.00 bits per heavy atom. The van der Waals surface area contributed by atoms with Gasteiger partial charge in [0.05, 0.1) is 7.11 Å². The summed E-state index contributed by atoms with van der Waals surface area (Å²) in [5, 5.41) is 2.84. The molecule has 8 nitrogen and oxygen atoms in total. The van der Waals surface area contributed by atoms with E-state index >= 15 is 0 Å². The molecular weight excluding hydrogens is 456 g/mol. The van der Waals surface area contributed by atoms with E-state index < -0.39 is 11.3 Å². The predicted molar refractivity (Wildman–Crippen MR) is 142 cm³/mol. The lowest BCUT2D eigenvalue weighted by Crippen LogP contribution is -2.49. The van der Waals surface area contributed by atoms with E-state index in [-0.39, 0.29) is 17.0 Å². The number of aromatic nitrogens is 1. The fourth-order valence-corrected chi connectivity index (χ4v) is 4.35. The number of rotatable bonds is 10. The van der Waals surface area contributed by atoms with Gasteiger partial charge in [-0.2, -0.15) is 0 Å². The molecule has 0 spiro atoms. The summed E-state index contributed by atoms with van der Waals surface area (Å²) in [6, 6.07) is 7.98. The highest BCUT2D eigenvalue weighted by atomic mass is 16.5. The molecule has 1 saturated heterocycles. The Balaban J connectivity index is 1.73. The lowest BCUT2D eigenvalue weighted by atomic mass is 10.1. The van der Waals surface area contributed by atoms with E-state index in [0.29, 0.717) is 51.1 Å². The molecule has 1 aromatic heterocycles. The van der Waals surface area contributed by atoms with E-state index in [1.54, 1.807) is 29.0 Å². The van der Waals surface area contributed by atoms with Gasteiger partial charge in [-0.25, -0.2) is 0 Å². The van der Waals surface area contributed by atoms with Gasteiger partial charge < -0.3 is 19.5 Å². The van der Waals surface area contributed by atoms with Crippen LogP contribution in [0, 0.1) is 11.8 Å². The number of carbonyl (C=O) groups is 2. The van der Waals surface area contributed by atoms with Gasteiger partial charge in [-0.1, -0.05) is 39.8 Å². The van der Waals surface area contributed by atoms with Crippen LogP contribution in [0.1, 0.15) is 60.4 Å². The van der Waals surface area contributed by atoms with Gasteiger partial charge in [0.1, 0.15) is 16.9 Å². The van der Waals surface area contributed by atoms with Crippen LogP contribution in [0.3, 0.4) is 0 Å². The number of benzene rings is 1. The Kier molecular flexibility index (Phi) is 9.70. The van der Waals surface area contributed by atoms with Crippen LogP contribution in [0.25, 0.3) is 0 Å². The Labute approximate surface area is 214 Å². The molecule has 0 radical (unpaired) electrons. The van der Waals surface area contributed by atoms with Gasteiger partial charge in [-0.3, -0.25) is 19.3 Å². The van der Waals surface area contributed by atoms with E-state index in [2.05, 4.69) is 44.0 Å². The molecule has 2 aromatic rings. The van der Waals surface area contributed by atoms with Crippen molar-refractivity contribution in [3.05, 3.63) is 63.6 Å². The van der Waals surface area contributed by atoms with Crippen LogP contribution in [-0.2, 0) is 13.1 Å². The second kappa shape index (κ2) is 12.7. The molecule has 196 valence electrons. The van der Waals surface area contributed by atoms with Crippen molar-refractivity contribution in [2.24, 2.45) is 11.8 Å². The third-order valence-corrected chi connectivity index (χ3v) is 6.34. The molecular formula is C28H40N4O4. The molecule has 0 saturated carbocycles. The highest BCUT2D eigenvalue weighted by Crippen LogP contribution is 2.16. The average molecular weight is 497 g/mol. The van der Waals surface area contributed by atoms with Crippen LogP contribution < -0.4 is 15.5 Å². The molecule has 3 rings (SSSR count). The molecule has 2 amide bonds. The third-order valence-electron chi connectivity index (χ3n) is 6.34. The summed E-state index contributed by atoms with van der Waals surface area (Å²) in [5.74, 6) is 0.837. The first-order chi connectivity index (χ1) is 17.2. The molecule has 1 N–H and O–H groups in total. The minimum Gasteiger partial charge on any atom is -0.497 e. The summed E-state index contributed by atoms with van der Waals surface area (Å²) < 4.78 is 7.11. The van der Waals surface area contributed by atoms with E-state index in [4.69, 9.17) is 4.74 Å². The van der Waals surface area contributed by atoms with Gasteiger partial charge in [0.2, 0.25) is 5.43 Å². The van der Waals surface area contributed by atoms with Crippen molar-refractivity contribution >= 4 is 11.8 Å². The number of ether oxygens (including phenoxy) is 1. The molecule has 0 bridgehead atoms. The number of hydrogen-bond donors (Lipinski definition) is 1. The highest BCUT2D eigenvalue weighted by Gasteiger charge is 2.26. The van der Waals surface area contributed by atoms with Crippen LogP contribution in [0.4, 0.5) is 0 Å². The van der Waals surface area contributed by atoms with E-state index in [1.807, 2.05) is 18.2 Å². The minimum atomic E-state index is -0.499. The fourth-order valence-electron chi connectivity index (χ4n) is 4.35. The monoisotopic (exact) mass is 496 g/mol. The SMILES string of the molecule is COc1cccc(CN2CCN(C(=O)c3cn(CC(C)C)cc(C(=O)NCCC(C)C)c3=O)CC2)c1. The van der Waals surface area contributed by atoms with Crippen molar-refractivity contribution in [3.8, 4) is 5.75 Å². The molecule has 1 aromatic carbocycles. The number of hydrogen-bond acceptors (Lipinski definition) is 5. The van der Waals surface area contributed by atoms with Crippen molar-refractivity contribution in [2.75, 3.05) is 39.8 Å². The fraction of sp³-hybridized carbons (Fsp3) is 0.536. The van der Waals surface area contributed by atoms with Gasteiger partial charge in [0.25, 0.3) is 11.8 Å². The number of carbonyl (C=O) groups excluding carboxylic acids is 2. The summed E-state index contributed by atoms with van der Waals surface area (Å²) in [6.45, 7) is 12.6. The highest BCUT2D eigenvalue weighted by molar-refractivity contribution is 5.99. The predicted octanol–water partition coefficient (Wildman–Crippen LogP) is 3.25. The molecule has 1 aliphatic rings. The van der Waals surface area contributed by atoms with Crippen molar-refractivity contribution in [3.63, 3.8) is 0 Å². The van der Waals surface area contributed by atoms with E-state index in [9.17, 15) is 14.4 Å². The van der Waals surface area contributed by atoms with Gasteiger partial charge in [-0.05, 0) is 36.0 Å². The Bertz CT molecular complexity index is 1100. The quantitative estimate of drug-likeness (QED) is 0.546. The van der Waals surface area contributed by atoms with Crippen molar-refractivity contribution in [1.29, 1.82) is 0 Å². The second-order valence-corrected chi connectivity index (χ2v) is 10.4. The Morgan fingerprint density at radius 2 is 1.69 bits per heavy atom. The smallest absolute Gasteiger partial charge is 0.259 e. The Morgan fingerprint density at radius 3 is 2.33 bits per heavy atom. The summed E-state index contributed by atoms with van der Waals surface area (Å²) >= 11 is 0. The second-order valence-electron chi connectivity index (χ2n) is 10.4. The number of pyridine rings is 1. The number of piperazine rings is 1. The maximum absolute atomic E-state index is 13.4. The number of nitrogens with one attached hydrogen (secondary N) is 1. The zero-order chi connectivity index (χ0) is 26.2. The molecule has 8 heteroatoms. The van der Waals surface area contributed by atoms with Crippen LogP contribution in [0.15, 0.2) is 41.5 Å². The van der Waals surface area contributed by atoms with E-state index in [0.717, 1.165) is 24.3 Å². The zero-order valence-electron chi connectivity index (χ0n) is 22.3. The molecule has 36 heavy (non-hydrogen) atoms. The van der Waals surface area contributed by atoms with Crippen LogP contribution in [-0.4, -0.2) is 66.0 Å². The lowest BCUT2D eigenvalue weighted by Gasteiger charge is -2.34. The lowest BCUT2D eigenvalue weighted by molar-refractivity contribution is 0.0626. The number of methoxy groups -OCH3 is 1. The normalized spacial score (nSPS) is 14.4. The summed E-state index contributed by atoms with van der Waals surface area (Å²) in [6.07, 6.45) is 4.01. The largest absolute Gasteiger partial charge is 0.497 e. The summed E-state index contributed by atoms with van der Waals surface area (Å²) in [4.78, 5) is 43.5. The molecule has 1 fully saturated rings. The van der Waals surface area contributed by atoms with E-state index in [1.165, 1.54) is 0 Å². The first kappa shape index (κ1) is 27.5. The first-order valence-electron chi connectivity index (χ1n) is 12.8. The molecule has 2 heterocycles. The minimum absolute atomic E-state index is 0.0296. The standard InChI is InChI=1S/C28H40N4O4/c1-20(2)9-10-29-27(34)24-18-31(16-21(3)4)19-25(26(24)33)28(35)32-13-11-30(12-14-32)17-22-7-6-8-23(15-22)36-5/h6-8,15,18-21H,9-14,16-17H2,1-5H3,(H,29,34). The molecule has 0 unspecified atom stereocenters.